The number of alkyl halides is 2. The van der Waals surface area contributed by atoms with E-state index in [1.54, 1.807) is 0 Å². The monoisotopic (exact) mass is 270 g/mol. The van der Waals surface area contributed by atoms with Crippen molar-refractivity contribution in [3.05, 3.63) is 0 Å². The van der Waals surface area contributed by atoms with E-state index < -0.39 is 0 Å². The summed E-state index contributed by atoms with van der Waals surface area (Å²) in [5.74, 6) is 0.942. The number of hydrogen-bond donors (Lipinski definition) is 0. The number of hydrogen-bond acceptors (Lipinski definition) is 0. The maximum absolute atomic E-state index is 3.47. The van der Waals surface area contributed by atoms with E-state index in [1.165, 1.54) is 25.7 Å². The molecule has 0 saturated heterocycles. The molecule has 0 aromatic heterocycles. The summed E-state index contributed by atoms with van der Waals surface area (Å²) < 4.78 is 0. The average Bonchev–Trinajstić information content (AvgIpc) is 1.98. The van der Waals surface area contributed by atoms with Crippen molar-refractivity contribution in [1.82, 2.24) is 0 Å². The van der Waals surface area contributed by atoms with Crippen LogP contribution in [0.15, 0.2) is 0 Å². The molecule has 0 aromatic rings. The molecule has 1 atom stereocenters. The fraction of sp³-hybridized carbons (Fsp3) is 1.00. The van der Waals surface area contributed by atoms with Crippen molar-refractivity contribution in [2.24, 2.45) is 5.92 Å². The fourth-order valence-corrected chi connectivity index (χ4v) is 2.04. The van der Waals surface area contributed by atoms with Gasteiger partial charge in [0.25, 0.3) is 0 Å². The van der Waals surface area contributed by atoms with Crippen molar-refractivity contribution >= 4 is 31.9 Å². The summed E-state index contributed by atoms with van der Waals surface area (Å²) in [6, 6.07) is 0. The third-order valence-corrected chi connectivity index (χ3v) is 2.86. The van der Waals surface area contributed by atoms with Gasteiger partial charge < -0.3 is 0 Å². The minimum atomic E-state index is 0.942. The van der Waals surface area contributed by atoms with Gasteiger partial charge in [0.05, 0.1) is 0 Å². The second-order valence-electron chi connectivity index (χ2n) is 2.58. The highest BCUT2D eigenvalue weighted by Gasteiger charge is 2.03. The van der Waals surface area contributed by atoms with Crippen LogP contribution in [0.1, 0.15) is 32.6 Å². The lowest BCUT2D eigenvalue weighted by Gasteiger charge is -2.11. The van der Waals surface area contributed by atoms with Crippen LogP contribution in [0.3, 0.4) is 0 Å². The maximum atomic E-state index is 3.47. The minimum Gasteiger partial charge on any atom is -0.0928 e. The predicted molar refractivity (Wildman–Crippen MR) is 55.2 cm³/mol. The largest absolute Gasteiger partial charge is 0.0928 e. The van der Waals surface area contributed by atoms with Gasteiger partial charge in [0.2, 0.25) is 0 Å². The predicted octanol–water partition coefficient (Wildman–Crippen LogP) is 3.97. The Bertz CT molecular complexity index is 64.3. The SMILES string of the molecule is CCC(CCBr)CCCBr. The summed E-state index contributed by atoms with van der Waals surface area (Å²) in [7, 11) is 0. The minimum absolute atomic E-state index is 0.942. The van der Waals surface area contributed by atoms with E-state index in [9.17, 15) is 0 Å². The molecule has 2 heteroatoms. The molecule has 0 amide bonds. The maximum Gasteiger partial charge on any atom is 0.00339 e. The summed E-state index contributed by atoms with van der Waals surface area (Å²) in [5.41, 5.74) is 0. The molecule has 0 N–H and O–H groups in total. The Balaban J connectivity index is 3.21. The topological polar surface area (TPSA) is 0 Å². The molecule has 0 radical (unpaired) electrons. The van der Waals surface area contributed by atoms with Crippen molar-refractivity contribution in [3.63, 3.8) is 0 Å². The molecule has 0 nitrogen and oxygen atoms in total. The zero-order valence-electron chi connectivity index (χ0n) is 6.58. The second kappa shape index (κ2) is 8.06. The first-order valence-electron chi connectivity index (χ1n) is 3.97. The molecule has 0 aliphatic heterocycles. The zero-order chi connectivity index (χ0) is 7.82. The van der Waals surface area contributed by atoms with Gasteiger partial charge in [-0.2, -0.15) is 0 Å². The standard InChI is InChI=1S/C8H16Br2/c1-2-8(5-7-10)4-3-6-9/h8H,2-7H2,1H3. The summed E-state index contributed by atoms with van der Waals surface area (Å²) in [5, 5.41) is 2.32. The average molecular weight is 272 g/mol. The van der Waals surface area contributed by atoms with Crippen molar-refractivity contribution in [2.75, 3.05) is 10.7 Å². The summed E-state index contributed by atoms with van der Waals surface area (Å²) >= 11 is 6.92. The van der Waals surface area contributed by atoms with Gasteiger partial charge in [0.15, 0.2) is 0 Å². The first kappa shape index (κ1) is 11.0. The normalized spacial score (nSPS) is 13.5. The Morgan fingerprint density at radius 2 is 1.80 bits per heavy atom. The molecule has 0 spiro atoms. The van der Waals surface area contributed by atoms with Crippen LogP contribution in [0.5, 0.6) is 0 Å². The van der Waals surface area contributed by atoms with Crippen LogP contribution < -0.4 is 0 Å². The van der Waals surface area contributed by atoms with Gasteiger partial charge in [-0.15, -0.1) is 0 Å². The third kappa shape index (κ3) is 5.72. The Kier molecular flexibility index (Phi) is 8.83. The molecular weight excluding hydrogens is 256 g/mol. The van der Waals surface area contributed by atoms with Gasteiger partial charge in [-0.3, -0.25) is 0 Å². The number of halogens is 2. The van der Waals surface area contributed by atoms with Crippen LogP contribution in [0.4, 0.5) is 0 Å². The summed E-state index contributed by atoms with van der Waals surface area (Å²) in [6.45, 7) is 2.28. The zero-order valence-corrected chi connectivity index (χ0v) is 9.75. The lowest BCUT2D eigenvalue weighted by atomic mass is 9.98. The van der Waals surface area contributed by atoms with Crippen LogP contribution in [0.2, 0.25) is 0 Å². The van der Waals surface area contributed by atoms with Gasteiger partial charge >= 0.3 is 0 Å². The van der Waals surface area contributed by atoms with E-state index in [2.05, 4.69) is 38.8 Å². The molecule has 0 aliphatic carbocycles. The third-order valence-electron chi connectivity index (χ3n) is 1.84. The molecule has 10 heavy (non-hydrogen) atoms. The lowest BCUT2D eigenvalue weighted by Crippen LogP contribution is -1.99. The molecule has 0 aromatic carbocycles. The lowest BCUT2D eigenvalue weighted by molar-refractivity contribution is 0.457. The van der Waals surface area contributed by atoms with Crippen LogP contribution in [-0.2, 0) is 0 Å². The van der Waals surface area contributed by atoms with Crippen molar-refractivity contribution in [1.29, 1.82) is 0 Å². The van der Waals surface area contributed by atoms with Gasteiger partial charge in [-0.05, 0) is 25.2 Å². The van der Waals surface area contributed by atoms with Crippen molar-refractivity contribution < 1.29 is 0 Å². The second-order valence-corrected chi connectivity index (χ2v) is 4.17. The first-order valence-corrected chi connectivity index (χ1v) is 6.21. The van der Waals surface area contributed by atoms with Crippen LogP contribution >= 0.6 is 31.9 Å². The Hall–Kier alpha value is 0.960. The first-order chi connectivity index (χ1) is 4.85. The Morgan fingerprint density at radius 1 is 1.10 bits per heavy atom. The quantitative estimate of drug-likeness (QED) is 0.642. The van der Waals surface area contributed by atoms with E-state index in [1.807, 2.05) is 0 Å². The highest BCUT2D eigenvalue weighted by atomic mass is 79.9. The molecular formula is C8H16Br2. The molecule has 1 unspecified atom stereocenters. The fourth-order valence-electron chi connectivity index (χ4n) is 1.07. The molecule has 62 valence electrons. The summed E-state index contributed by atoms with van der Waals surface area (Å²) in [4.78, 5) is 0. The van der Waals surface area contributed by atoms with E-state index in [0.29, 0.717) is 0 Å². The Morgan fingerprint density at radius 3 is 2.20 bits per heavy atom. The summed E-state index contributed by atoms with van der Waals surface area (Å²) in [6.07, 6.45) is 5.38. The molecule has 0 saturated carbocycles. The molecule has 0 heterocycles. The molecule has 0 aliphatic rings. The van der Waals surface area contributed by atoms with Crippen LogP contribution in [0, 0.1) is 5.92 Å². The van der Waals surface area contributed by atoms with E-state index in [4.69, 9.17) is 0 Å². The Labute approximate surface area is 81.0 Å². The van der Waals surface area contributed by atoms with Crippen molar-refractivity contribution in [2.45, 2.75) is 32.6 Å². The number of rotatable bonds is 6. The molecule has 0 rings (SSSR count). The molecule has 0 fully saturated rings. The van der Waals surface area contributed by atoms with Gasteiger partial charge in [-0.25, -0.2) is 0 Å². The van der Waals surface area contributed by atoms with E-state index >= 15 is 0 Å². The van der Waals surface area contributed by atoms with Gasteiger partial charge in [-0.1, -0.05) is 45.2 Å². The van der Waals surface area contributed by atoms with Crippen LogP contribution in [0.25, 0.3) is 0 Å². The smallest absolute Gasteiger partial charge is 0.00339 e. The van der Waals surface area contributed by atoms with E-state index in [0.717, 1.165) is 16.6 Å². The van der Waals surface area contributed by atoms with E-state index in [-0.39, 0.29) is 0 Å². The van der Waals surface area contributed by atoms with Crippen LogP contribution in [-0.4, -0.2) is 10.7 Å². The highest BCUT2D eigenvalue weighted by Crippen LogP contribution is 2.16. The molecule has 0 bridgehead atoms. The van der Waals surface area contributed by atoms with Gasteiger partial charge in [0.1, 0.15) is 0 Å². The highest BCUT2D eigenvalue weighted by molar-refractivity contribution is 9.09. The van der Waals surface area contributed by atoms with Crippen molar-refractivity contribution in [3.8, 4) is 0 Å². The van der Waals surface area contributed by atoms with Gasteiger partial charge in [0, 0.05) is 10.7 Å².